The van der Waals surface area contributed by atoms with Crippen LogP contribution < -0.4 is 10.2 Å². The minimum absolute atomic E-state index is 0.282. The highest BCUT2D eigenvalue weighted by atomic mass is 16.2. The largest absolute Gasteiger partial charge is 0.380 e. The van der Waals surface area contributed by atoms with E-state index in [0.29, 0.717) is 23.4 Å². The molecule has 0 saturated carbocycles. The molecule has 0 fully saturated rings. The molecule has 5 rings (SSSR count). The molecule has 2 amide bonds. The number of aryl methyl sites for hydroxylation is 2. The van der Waals surface area contributed by atoms with Gasteiger partial charge in [0.25, 0.3) is 11.8 Å². The minimum Gasteiger partial charge on any atom is -0.380 e. The fourth-order valence-corrected chi connectivity index (χ4v) is 4.32. The van der Waals surface area contributed by atoms with Crippen LogP contribution in [-0.4, -0.2) is 11.8 Å². The van der Waals surface area contributed by atoms with Crippen molar-refractivity contribution in [1.82, 2.24) is 0 Å². The second-order valence-electron chi connectivity index (χ2n) is 7.96. The van der Waals surface area contributed by atoms with Crippen molar-refractivity contribution in [2.75, 3.05) is 10.2 Å². The highest BCUT2D eigenvalue weighted by Crippen LogP contribution is 2.37. The fraction of sp³-hybridized carbons (Fsp3) is 0.111. The van der Waals surface area contributed by atoms with Crippen LogP contribution in [0.1, 0.15) is 37.4 Å². The first-order valence-corrected chi connectivity index (χ1v) is 10.3. The zero-order valence-corrected chi connectivity index (χ0v) is 17.5. The molecule has 4 aromatic carbocycles. The van der Waals surface area contributed by atoms with Gasteiger partial charge >= 0.3 is 0 Å². The molecular weight excluding hydrogens is 384 g/mol. The third kappa shape index (κ3) is 3.17. The second-order valence-corrected chi connectivity index (χ2v) is 7.96. The monoisotopic (exact) mass is 406 g/mol. The van der Waals surface area contributed by atoms with Crippen LogP contribution in [0.15, 0.2) is 78.9 Å². The fourth-order valence-electron chi connectivity index (χ4n) is 4.32. The van der Waals surface area contributed by atoms with E-state index in [4.69, 9.17) is 0 Å². The first kappa shape index (κ1) is 19.1. The van der Waals surface area contributed by atoms with Gasteiger partial charge in [0.2, 0.25) is 0 Å². The molecule has 4 aromatic rings. The van der Waals surface area contributed by atoms with Crippen molar-refractivity contribution in [1.29, 1.82) is 0 Å². The molecule has 0 saturated heterocycles. The lowest BCUT2D eigenvalue weighted by Crippen LogP contribution is -2.40. The lowest BCUT2D eigenvalue weighted by atomic mass is 9.92. The maximum atomic E-state index is 13.4. The number of hydrogen-bond donors (Lipinski definition) is 1. The van der Waals surface area contributed by atoms with E-state index in [1.807, 2.05) is 74.5 Å². The van der Waals surface area contributed by atoms with Gasteiger partial charge in [-0.15, -0.1) is 0 Å². The number of nitrogens with zero attached hydrogens (tertiary/aromatic N) is 1. The summed E-state index contributed by atoms with van der Waals surface area (Å²) in [6.07, 6.45) is 0. The summed E-state index contributed by atoms with van der Waals surface area (Å²) in [5, 5.41) is 5.06. The Kier molecular flexibility index (Phi) is 4.55. The SMILES string of the molecule is Cc1ccc(N2C(=O)c3cccc4c(NCc5ccccc5)ccc(c34)C2=O)c(C)c1. The molecule has 0 radical (unpaired) electrons. The van der Waals surface area contributed by atoms with E-state index in [9.17, 15) is 9.59 Å². The average Bonchev–Trinajstić information content (AvgIpc) is 2.78. The lowest BCUT2D eigenvalue weighted by molar-refractivity contribution is 0.0893. The second kappa shape index (κ2) is 7.40. The molecule has 1 aliphatic rings. The van der Waals surface area contributed by atoms with Crippen LogP contribution in [0.4, 0.5) is 11.4 Å². The number of hydrogen-bond acceptors (Lipinski definition) is 3. The third-order valence-electron chi connectivity index (χ3n) is 5.83. The van der Waals surface area contributed by atoms with E-state index < -0.39 is 0 Å². The number of carbonyl (C=O) groups is 2. The molecule has 0 unspecified atom stereocenters. The highest BCUT2D eigenvalue weighted by Gasteiger charge is 2.35. The number of amides is 2. The highest BCUT2D eigenvalue weighted by molar-refractivity contribution is 6.36. The van der Waals surface area contributed by atoms with Gasteiger partial charge in [-0.3, -0.25) is 9.59 Å². The van der Waals surface area contributed by atoms with Crippen molar-refractivity contribution in [3.8, 4) is 0 Å². The Labute approximate surface area is 181 Å². The Morgan fingerprint density at radius 3 is 2.26 bits per heavy atom. The van der Waals surface area contributed by atoms with E-state index in [2.05, 4.69) is 17.4 Å². The van der Waals surface area contributed by atoms with E-state index in [-0.39, 0.29) is 11.8 Å². The van der Waals surface area contributed by atoms with Crippen molar-refractivity contribution in [3.63, 3.8) is 0 Å². The van der Waals surface area contributed by atoms with Crippen LogP contribution in [-0.2, 0) is 6.54 Å². The Morgan fingerprint density at radius 2 is 1.52 bits per heavy atom. The molecule has 1 aliphatic heterocycles. The summed E-state index contributed by atoms with van der Waals surface area (Å²) in [6.45, 7) is 4.59. The Bertz CT molecular complexity index is 1320. The van der Waals surface area contributed by atoms with E-state index in [1.54, 1.807) is 6.07 Å². The zero-order chi connectivity index (χ0) is 21.5. The molecule has 4 nitrogen and oxygen atoms in total. The minimum atomic E-state index is -0.282. The Hall–Kier alpha value is -3.92. The van der Waals surface area contributed by atoms with Crippen LogP contribution in [0.2, 0.25) is 0 Å². The number of rotatable bonds is 4. The Balaban J connectivity index is 1.59. The van der Waals surface area contributed by atoms with Crippen LogP contribution in [0.25, 0.3) is 10.8 Å². The molecule has 4 heteroatoms. The normalized spacial score (nSPS) is 13.0. The smallest absolute Gasteiger partial charge is 0.265 e. The summed E-state index contributed by atoms with van der Waals surface area (Å²) < 4.78 is 0. The summed E-state index contributed by atoms with van der Waals surface area (Å²) >= 11 is 0. The van der Waals surface area contributed by atoms with Crippen molar-refractivity contribution < 1.29 is 9.59 Å². The quantitative estimate of drug-likeness (QED) is 0.431. The summed E-state index contributed by atoms with van der Waals surface area (Å²) in [6, 6.07) is 25.3. The number of anilines is 2. The maximum Gasteiger partial charge on any atom is 0.265 e. The van der Waals surface area contributed by atoms with Gasteiger partial charge in [0.1, 0.15) is 0 Å². The van der Waals surface area contributed by atoms with Gasteiger partial charge in [0.15, 0.2) is 0 Å². The first-order valence-electron chi connectivity index (χ1n) is 10.3. The number of carbonyl (C=O) groups excluding carboxylic acids is 2. The van der Waals surface area contributed by atoms with Crippen molar-refractivity contribution in [2.45, 2.75) is 20.4 Å². The van der Waals surface area contributed by atoms with Crippen LogP contribution in [0, 0.1) is 13.8 Å². The van der Waals surface area contributed by atoms with Gasteiger partial charge < -0.3 is 5.32 Å². The summed E-state index contributed by atoms with van der Waals surface area (Å²) in [4.78, 5) is 28.2. The van der Waals surface area contributed by atoms with Crippen LogP contribution >= 0.6 is 0 Å². The maximum absolute atomic E-state index is 13.4. The molecule has 1 heterocycles. The predicted molar refractivity (Wildman–Crippen MR) is 125 cm³/mol. The number of benzene rings is 4. The average molecular weight is 406 g/mol. The van der Waals surface area contributed by atoms with E-state index >= 15 is 0 Å². The van der Waals surface area contributed by atoms with Crippen LogP contribution in [0.5, 0.6) is 0 Å². The number of nitrogens with one attached hydrogen (secondary N) is 1. The standard InChI is InChI=1S/C27H22N2O2/c1-17-11-14-24(18(2)15-17)29-26(30)21-10-6-9-20-23(13-12-22(25(20)21)27(29)31)28-16-19-7-4-3-5-8-19/h3-15,28H,16H2,1-2H3. The third-order valence-corrected chi connectivity index (χ3v) is 5.83. The molecule has 1 N–H and O–H groups in total. The van der Waals surface area contributed by atoms with Gasteiger partial charge in [-0.1, -0.05) is 60.2 Å². The molecule has 0 spiro atoms. The predicted octanol–water partition coefficient (Wildman–Crippen LogP) is 5.87. The summed E-state index contributed by atoms with van der Waals surface area (Å²) in [5.74, 6) is -0.564. The van der Waals surface area contributed by atoms with Crippen molar-refractivity contribution in [2.24, 2.45) is 0 Å². The zero-order valence-electron chi connectivity index (χ0n) is 17.5. The molecule has 0 aliphatic carbocycles. The van der Waals surface area contributed by atoms with Crippen molar-refractivity contribution in [3.05, 3.63) is 107 Å². The van der Waals surface area contributed by atoms with Crippen molar-refractivity contribution >= 4 is 34.0 Å². The summed E-state index contributed by atoms with van der Waals surface area (Å²) in [5.41, 5.74) is 5.80. The van der Waals surface area contributed by atoms with Gasteiger partial charge in [-0.05, 0) is 49.2 Å². The molecule has 0 atom stereocenters. The molecule has 152 valence electrons. The first-order chi connectivity index (χ1) is 15.0. The van der Waals surface area contributed by atoms with E-state index in [1.165, 1.54) is 4.90 Å². The molecular formula is C27H22N2O2. The van der Waals surface area contributed by atoms with E-state index in [0.717, 1.165) is 33.2 Å². The lowest BCUT2D eigenvalue weighted by Gasteiger charge is -2.29. The van der Waals surface area contributed by atoms with Crippen LogP contribution in [0.3, 0.4) is 0 Å². The molecule has 0 bridgehead atoms. The van der Waals surface area contributed by atoms with Gasteiger partial charge in [0, 0.05) is 34.1 Å². The summed E-state index contributed by atoms with van der Waals surface area (Å²) in [7, 11) is 0. The molecule has 31 heavy (non-hydrogen) atoms. The topological polar surface area (TPSA) is 49.4 Å². The van der Waals surface area contributed by atoms with Gasteiger partial charge in [-0.2, -0.15) is 0 Å². The number of imide groups is 1. The Morgan fingerprint density at radius 1 is 0.774 bits per heavy atom. The van der Waals surface area contributed by atoms with Gasteiger partial charge in [0.05, 0.1) is 5.69 Å². The molecule has 0 aromatic heterocycles. The van der Waals surface area contributed by atoms with Gasteiger partial charge in [-0.25, -0.2) is 4.90 Å².